The monoisotopic (exact) mass is 236 g/mol. The molecule has 0 aromatic heterocycles. The maximum absolute atomic E-state index is 11.7. The smallest absolute Gasteiger partial charge is 0.350 e. The Labute approximate surface area is 100 Å². The lowest BCUT2D eigenvalue weighted by atomic mass is 10.2. The zero-order valence-corrected chi connectivity index (χ0v) is 9.85. The van der Waals surface area contributed by atoms with Crippen LogP contribution in [0.25, 0.3) is 0 Å². The molecule has 0 amide bonds. The highest BCUT2D eigenvalue weighted by Crippen LogP contribution is 2.31. The summed E-state index contributed by atoms with van der Waals surface area (Å²) >= 11 is 0. The van der Waals surface area contributed by atoms with Gasteiger partial charge in [-0.05, 0) is 18.6 Å². The first kappa shape index (κ1) is 11.8. The third kappa shape index (κ3) is 2.90. The van der Waals surface area contributed by atoms with Gasteiger partial charge in [0.25, 0.3) is 0 Å². The van der Waals surface area contributed by atoms with E-state index in [1.165, 1.54) is 0 Å². The van der Waals surface area contributed by atoms with Crippen LogP contribution >= 0.6 is 0 Å². The lowest BCUT2D eigenvalue weighted by molar-refractivity contribution is -0.154. The maximum Gasteiger partial charge on any atom is 0.350 e. The van der Waals surface area contributed by atoms with E-state index >= 15 is 0 Å². The molecule has 0 aliphatic carbocycles. The number of unbranched alkanes of at least 4 members (excludes halogenated alkanes) is 1. The van der Waals surface area contributed by atoms with E-state index in [1.54, 1.807) is 6.07 Å². The van der Waals surface area contributed by atoms with E-state index in [0.29, 0.717) is 18.1 Å². The number of ether oxygens (including phenoxy) is 3. The number of para-hydroxylation sites is 2. The summed E-state index contributed by atoms with van der Waals surface area (Å²) in [6.07, 6.45) is 1.22. The van der Waals surface area contributed by atoms with Crippen molar-refractivity contribution in [2.45, 2.75) is 25.9 Å². The molecule has 0 unspecified atom stereocenters. The second kappa shape index (κ2) is 5.57. The standard InChI is InChI=1S/C13H16O4/c1-2-3-8-15-13(14)12-9-16-10-6-4-5-7-11(10)17-12/h4-7,12H,2-3,8-9H2,1H3/t12-/m1/s1. The summed E-state index contributed by atoms with van der Waals surface area (Å²) in [6, 6.07) is 7.30. The summed E-state index contributed by atoms with van der Waals surface area (Å²) in [5, 5.41) is 0. The number of benzene rings is 1. The highest BCUT2D eigenvalue weighted by molar-refractivity contribution is 5.75. The van der Waals surface area contributed by atoms with Gasteiger partial charge < -0.3 is 14.2 Å². The van der Waals surface area contributed by atoms with Crippen molar-refractivity contribution in [3.05, 3.63) is 24.3 Å². The van der Waals surface area contributed by atoms with Gasteiger partial charge in [-0.2, -0.15) is 0 Å². The normalized spacial score (nSPS) is 17.6. The largest absolute Gasteiger partial charge is 0.485 e. The fourth-order valence-corrected chi connectivity index (χ4v) is 1.55. The summed E-state index contributed by atoms with van der Waals surface area (Å²) in [5.41, 5.74) is 0. The molecule has 1 aliphatic heterocycles. The van der Waals surface area contributed by atoms with Gasteiger partial charge in [-0.25, -0.2) is 4.79 Å². The van der Waals surface area contributed by atoms with Crippen LogP contribution in [0.5, 0.6) is 11.5 Å². The Morgan fingerprint density at radius 3 is 2.94 bits per heavy atom. The average molecular weight is 236 g/mol. The zero-order chi connectivity index (χ0) is 12.1. The molecule has 0 saturated carbocycles. The quantitative estimate of drug-likeness (QED) is 0.593. The SMILES string of the molecule is CCCCOC(=O)[C@H]1COc2ccccc2O1. The van der Waals surface area contributed by atoms with Crippen LogP contribution in [0.2, 0.25) is 0 Å². The van der Waals surface area contributed by atoms with E-state index in [1.807, 2.05) is 25.1 Å². The minimum Gasteiger partial charge on any atom is -0.485 e. The maximum atomic E-state index is 11.7. The van der Waals surface area contributed by atoms with Crippen LogP contribution in [0.4, 0.5) is 0 Å². The Hall–Kier alpha value is -1.71. The van der Waals surface area contributed by atoms with Crippen LogP contribution in [-0.2, 0) is 9.53 Å². The molecule has 1 heterocycles. The lowest BCUT2D eigenvalue weighted by Crippen LogP contribution is -2.37. The molecule has 1 aromatic carbocycles. The second-order valence-corrected chi connectivity index (χ2v) is 3.89. The lowest BCUT2D eigenvalue weighted by Gasteiger charge is -2.24. The van der Waals surface area contributed by atoms with Gasteiger partial charge in [0.15, 0.2) is 11.5 Å². The molecule has 0 saturated heterocycles. The highest BCUT2D eigenvalue weighted by Gasteiger charge is 2.28. The Bertz CT molecular complexity index is 389. The molecule has 0 radical (unpaired) electrons. The molecule has 0 spiro atoms. The van der Waals surface area contributed by atoms with Gasteiger partial charge in [-0.1, -0.05) is 25.5 Å². The molecule has 17 heavy (non-hydrogen) atoms. The molecule has 0 fully saturated rings. The number of hydrogen-bond donors (Lipinski definition) is 0. The highest BCUT2D eigenvalue weighted by atomic mass is 16.6. The van der Waals surface area contributed by atoms with Crippen molar-refractivity contribution >= 4 is 5.97 Å². The first-order valence-electron chi connectivity index (χ1n) is 5.86. The summed E-state index contributed by atoms with van der Waals surface area (Å²) in [5.74, 6) is 0.911. The first-order chi connectivity index (χ1) is 8.31. The van der Waals surface area contributed by atoms with Crippen molar-refractivity contribution in [1.82, 2.24) is 0 Å². The van der Waals surface area contributed by atoms with Crippen LogP contribution in [-0.4, -0.2) is 25.3 Å². The van der Waals surface area contributed by atoms with Gasteiger partial charge in [-0.3, -0.25) is 0 Å². The van der Waals surface area contributed by atoms with Crippen molar-refractivity contribution in [2.24, 2.45) is 0 Å². The molecule has 0 bridgehead atoms. The predicted octanol–water partition coefficient (Wildman–Crippen LogP) is 2.17. The van der Waals surface area contributed by atoms with Gasteiger partial charge in [0.2, 0.25) is 6.10 Å². The van der Waals surface area contributed by atoms with Crippen molar-refractivity contribution in [1.29, 1.82) is 0 Å². The Kier molecular flexibility index (Phi) is 3.85. The topological polar surface area (TPSA) is 44.8 Å². The Morgan fingerprint density at radius 2 is 2.18 bits per heavy atom. The molecule has 92 valence electrons. The fourth-order valence-electron chi connectivity index (χ4n) is 1.55. The van der Waals surface area contributed by atoms with Crippen molar-refractivity contribution in [3.8, 4) is 11.5 Å². The van der Waals surface area contributed by atoms with Crippen molar-refractivity contribution < 1.29 is 19.0 Å². The molecular formula is C13H16O4. The molecular weight excluding hydrogens is 220 g/mol. The number of carbonyl (C=O) groups is 1. The molecule has 2 rings (SSSR count). The molecule has 4 heteroatoms. The van der Waals surface area contributed by atoms with E-state index in [-0.39, 0.29) is 12.6 Å². The van der Waals surface area contributed by atoms with Crippen LogP contribution in [0.1, 0.15) is 19.8 Å². The van der Waals surface area contributed by atoms with Gasteiger partial charge >= 0.3 is 5.97 Å². The number of fused-ring (bicyclic) bond motifs is 1. The van der Waals surface area contributed by atoms with E-state index < -0.39 is 6.10 Å². The van der Waals surface area contributed by atoms with E-state index in [4.69, 9.17) is 14.2 Å². The minimum atomic E-state index is -0.651. The van der Waals surface area contributed by atoms with Crippen LogP contribution in [0.3, 0.4) is 0 Å². The van der Waals surface area contributed by atoms with Crippen molar-refractivity contribution in [2.75, 3.05) is 13.2 Å². The molecule has 1 aromatic rings. The summed E-state index contributed by atoms with van der Waals surface area (Å²) in [6.45, 7) is 2.70. The van der Waals surface area contributed by atoms with E-state index in [2.05, 4.69) is 0 Å². The van der Waals surface area contributed by atoms with Crippen LogP contribution in [0, 0.1) is 0 Å². The van der Waals surface area contributed by atoms with Gasteiger partial charge in [0, 0.05) is 0 Å². The average Bonchev–Trinajstić information content (AvgIpc) is 2.38. The minimum absolute atomic E-state index is 0.210. The molecule has 1 aliphatic rings. The predicted molar refractivity (Wildman–Crippen MR) is 62.2 cm³/mol. The number of esters is 1. The zero-order valence-electron chi connectivity index (χ0n) is 9.85. The third-order valence-corrected chi connectivity index (χ3v) is 2.51. The molecule has 0 N–H and O–H groups in total. The van der Waals surface area contributed by atoms with E-state index in [9.17, 15) is 4.79 Å². The Balaban J connectivity index is 1.91. The summed E-state index contributed by atoms with van der Waals surface area (Å²) in [7, 11) is 0. The van der Waals surface area contributed by atoms with Crippen LogP contribution < -0.4 is 9.47 Å². The van der Waals surface area contributed by atoms with E-state index in [0.717, 1.165) is 12.8 Å². The third-order valence-electron chi connectivity index (χ3n) is 2.51. The first-order valence-corrected chi connectivity index (χ1v) is 5.86. The molecule has 1 atom stereocenters. The van der Waals surface area contributed by atoms with Gasteiger partial charge in [0.1, 0.15) is 6.61 Å². The number of rotatable bonds is 4. The number of hydrogen-bond acceptors (Lipinski definition) is 4. The summed E-state index contributed by atoms with van der Waals surface area (Å²) in [4.78, 5) is 11.7. The number of carbonyl (C=O) groups excluding carboxylic acids is 1. The second-order valence-electron chi connectivity index (χ2n) is 3.89. The van der Waals surface area contributed by atoms with Crippen LogP contribution in [0.15, 0.2) is 24.3 Å². The molecule has 4 nitrogen and oxygen atoms in total. The summed E-state index contributed by atoms with van der Waals surface area (Å²) < 4.78 is 16.1. The Morgan fingerprint density at radius 1 is 1.41 bits per heavy atom. The van der Waals surface area contributed by atoms with Gasteiger partial charge in [0.05, 0.1) is 6.61 Å². The van der Waals surface area contributed by atoms with Crippen molar-refractivity contribution in [3.63, 3.8) is 0 Å². The fraction of sp³-hybridized carbons (Fsp3) is 0.462. The van der Waals surface area contributed by atoms with Gasteiger partial charge in [-0.15, -0.1) is 0 Å².